The largest absolute Gasteiger partial charge is 0.465 e. The van der Waals surface area contributed by atoms with Gasteiger partial charge in [-0.2, -0.15) is 0 Å². The molecule has 1 aromatic rings. The number of hydrogen-bond acceptors (Lipinski definition) is 3. The van der Waals surface area contributed by atoms with Crippen LogP contribution >= 0.6 is 0 Å². The predicted molar refractivity (Wildman–Crippen MR) is 71.4 cm³/mol. The zero-order valence-corrected chi connectivity index (χ0v) is 11.2. The van der Waals surface area contributed by atoms with Gasteiger partial charge >= 0.3 is 5.97 Å². The second-order valence-corrected chi connectivity index (χ2v) is 4.84. The molecule has 0 unspecified atom stereocenters. The highest BCUT2D eigenvalue weighted by Gasteiger charge is 2.31. The van der Waals surface area contributed by atoms with E-state index in [0.717, 1.165) is 31.4 Å². The van der Waals surface area contributed by atoms with Gasteiger partial charge in [-0.3, -0.25) is 4.79 Å². The fraction of sp³-hybridized carbons (Fsp3) is 0.533. The summed E-state index contributed by atoms with van der Waals surface area (Å²) in [6.07, 6.45) is 3.19. The molecule has 1 heterocycles. The van der Waals surface area contributed by atoms with E-state index in [9.17, 15) is 9.18 Å². The Morgan fingerprint density at radius 1 is 1.42 bits per heavy atom. The molecular weight excluding hydrogens is 245 g/mol. The van der Waals surface area contributed by atoms with Gasteiger partial charge in [0.25, 0.3) is 0 Å². The lowest BCUT2D eigenvalue weighted by Crippen LogP contribution is -2.42. The molecule has 1 N–H and O–H groups in total. The maximum absolute atomic E-state index is 13.0. The van der Waals surface area contributed by atoms with Crippen LogP contribution in [0.4, 0.5) is 4.39 Å². The Bertz CT molecular complexity index is 413. The van der Waals surface area contributed by atoms with Crippen molar-refractivity contribution in [2.75, 3.05) is 13.2 Å². The minimum atomic E-state index is -0.346. The van der Waals surface area contributed by atoms with Crippen molar-refractivity contribution in [2.45, 2.75) is 38.1 Å². The molecule has 19 heavy (non-hydrogen) atoms. The summed E-state index contributed by atoms with van der Waals surface area (Å²) in [4.78, 5) is 12.2. The first-order chi connectivity index (χ1) is 9.22. The molecule has 2 rings (SSSR count). The molecule has 0 radical (unpaired) electrons. The quantitative estimate of drug-likeness (QED) is 0.850. The highest BCUT2D eigenvalue weighted by atomic mass is 19.1. The summed E-state index contributed by atoms with van der Waals surface area (Å²) in [7, 11) is 0. The highest BCUT2D eigenvalue weighted by Crippen LogP contribution is 2.27. The number of halogens is 1. The molecule has 1 aromatic carbocycles. The zero-order valence-electron chi connectivity index (χ0n) is 11.2. The van der Waals surface area contributed by atoms with Crippen LogP contribution in [0.5, 0.6) is 0 Å². The van der Waals surface area contributed by atoms with Crippen LogP contribution < -0.4 is 5.32 Å². The van der Waals surface area contributed by atoms with E-state index < -0.39 is 0 Å². The molecule has 0 saturated carbocycles. The number of hydrogen-bond donors (Lipinski definition) is 1. The molecule has 1 aliphatic heterocycles. The van der Waals surface area contributed by atoms with Crippen molar-refractivity contribution in [3.05, 3.63) is 35.6 Å². The lowest BCUT2D eigenvalue weighted by atomic mass is 9.86. The zero-order chi connectivity index (χ0) is 13.7. The van der Waals surface area contributed by atoms with Gasteiger partial charge in [0.1, 0.15) is 5.82 Å². The fourth-order valence-corrected chi connectivity index (χ4v) is 2.60. The Morgan fingerprint density at radius 2 is 2.16 bits per heavy atom. The monoisotopic (exact) mass is 265 g/mol. The molecule has 0 amide bonds. The summed E-state index contributed by atoms with van der Waals surface area (Å²) in [5.41, 5.74) is 0.819. The third-order valence-electron chi connectivity index (χ3n) is 3.52. The Labute approximate surface area is 113 Å². The third kappa shape index (κ3) is 3.53. The van der Waals surface area contributed by atoms with Crippen molar-refractivity contribution in [1.82, 2.24) is 5.32 Å². The smallest absolute Gasteiger partial charge is 0.315 e. The molecule has 0 spiro atoms. The second-order valence-electron chi connectivity index (χ2n) is 4.84. The lowest BCUT2D eigenvalue weighted by Gasteiger charge is -2.30. The molecule has 0 aliphatic carbocycles. The summed E-state index contributed by atoms with van der Waals surface area (Å²) in [5.74, 6) is -0.864. The number of piperidine rings is 1. The number of nitrogens with one attached hydrogen (secondary N) is 1. The first-order valence-electron chi connectivity index (χ1n) is 6.88. The maximum Gasteiger partial charge on any atom is 0.315 e. The first-order valence-corrected chi connectivity index (χ1v) is 6.88. The molecule has 0 aromatic heterocycles. The van der Waals surface area contributed by atoms with Crippen LogP contribution in [0.25, 0.3) is 0 Å². The van der Waals surface area contributed by atoms with Crippen molar-refractivity contribution in [3.63, 3.8) is 0 Å². The highest BCUT2D eigenvalue weighted by molar-refractivity contribution is 5.79. The Hall–Kier alpha value is -1.42. The van der Waals surface area contributed by atoms with Crippen LogP contribution in [0, 0.1) is 5.82 Å². The minimum Gasteiger partial charge on any atom is -0.465 e. The van der Waals surface area contributed by atoms with Crippen molar-refractivity contribution in [2.24, 2.45) is 0 Å². The number of esters is 1. The average Bonchev–Trinajstić information content (AvgIpc) is 2.43. The maximum atomic E-state index is 13.0. The number of carbonyl (C=O) groups is 1. The molecular formula is C15H20FNO2. The van der Waals surface area contributed by atoms with E-state index in [1.165, 1.54) is 12.1 Å². The van der Waals surface area contributed by atoms with Gasteiger partial charge in [-0.15, -0.1) is 0 Å². The fourth-order valence-electron chi connectivity index (χ4n) is 2.60. The van der Waals surface area contributed by atoms with Crippen molar-refractivity contribution in [3.8, 4) is 0 Å². The van der Waals surface area contributed by atoms with Gasteiger partial charge in [-0.05, 0) is 44.0 Å². The van der Waals surface area contributed by atoms with Crippen LogP contribution in [0.2, 0.25) is 0 Å². The van der Waals surface area contributed by atoms with E-state index in [2.05, 4.69) is 5.32 Å². The van der Waals surface area contributed by atoms with E-state index in [1.807, 2.05) is 0 Å². The molecule has 2 atom stereocenters. The summed E-state index contributed by atoms with van der Waals surface area (Å²) >= 11 is 0. The topological polar surface area (TPSA) is 38.3 Å². The number of carbonyl (C=O) groups excluding carboxylic acids is 1. The van der Waals surface area contributed by atoms with Gasteiger partial charge in [-0.1, -0.05) is 18.6 Å². The molecule has 4 heteroatoms. The van der Waals surface area contributed by atoms with Gasteiger partial charge in [0.05, 0.1) is 12.5 Å². The van der Waals surface area contributed by atoms with Crippen molar-refractivity contribution in [1.29, 1.82) is 0 Å². The molecule has 1 aliphatic rings. The predicted octanol–water partition coefficient (Wildman–Crippen LogP) is 2.61. The normalized spacial score (nSPS) is 20.8. The molecule has 104 valence electrons. The molecule has 1 saturated heterocycles. The van der Waals surface area contributed by atoms with Gasteiger partial charge < -0.3 is 10.1 Å². The average molecular weight is 265 g/mol. The van der Waals surface area contributed by atoms with Crippen molar-refractivity contribution < 1.29 is 13.9 Å². The Kier molecular flexibility index (Phi) is 4.91. The van der Waals surface area contributed by atoms with E-state index in [4.69, 9.17) is 4.74 Å². The van der Waals surface area contributed by atoms with Crippen LogP contribution in [0.1, 0.15) is 37.7 Å². The summed E-state index contributed by atoms with van der Waals surface area (Å²) < 4.78 is 18.2. The number of ether oxygens (including phenoxy) is 1. The number of rotatable bonds is 4. The minimum absolute atomic E-state index is 0.0817. The van der Waals surface area contributed by atoms with Gasteiger partial charge in [-0.25, -0.2) is 4.39 Å². The first kappa shape index (κ1) is 14.0. The van der Waals surface area contributed by atoms with Gasteiger partial charge in [0, 0.05) is 6.04 Å². The summed E-state index contributed by atoms with van der Waals surface area (Å²) in [5, 5.41) is 3.38. The van der Waals surface area contributed by atoms with Crippen LogP contribution in [0.15, 0.2) is 24.3 Å². The lowest BCUT2D eigenvalue weighted by molar-refractivity contribution is -0.145. The van der Waals surface area contributed by atoms with E-state index in [-0.39, 0.29) is 23.7 Å². The van der Waals surface area contributed by atoms with Crippen molar-refractivity contribution >= 4 is 5.97 Å². The molecule has 0 bridgehead atoms. The third-order valence-corrected chi connectivity index (χ3v) is 3.52. The molecule has 1 fully saturated rings. The molecule has 3 nitrogen and oxygen atoms in total. The van der Waals surface area contributed by atoms with Crippen LogP contribution in [-0.4, -0.2) is 25.2 Å². The number of benzene rings is 1. The van der Waals surface area contributed by atoms with Gasteiger partial charge in [0.15, 0.2) is 0 Å². The SMILES string of the molecule is CCOC(=O)[C@H](c1ccc(F)cc1)[C@H]1CCCCN1. The second kappa shape index (κ2) is 6.66. The van der Waals surface area contributed by atoms with Gasteiger partial charge in [0.2, 0.25) is 0 Å². The Balaban J connectivity index is 2.22. The van der Waals surface area contributed by atoms with Crippen LogP contribution in [-0.2, 0) is 9.53 Å². The van der Waals surface area contributed by atoms with E-state index in [1.54, 1.807) is 19.1 Å². The van der Waals surface area contributed by atoms with E-state index >= 15 is 0 Å². The van der Waals surface area contributed by atoms with Crippen LogP contribution in [0.3, 0.4) is 0 Å². The summed E-state index contributed by atoms with van der Waals surface area (Å²) in [6.45, 7) is 3.08. The standard InChI is InChI=1S/C15H20FNO2/c1-2-19-15(18)14(13-5-3-4-10-17-13)11-6-8-12(16)9-7-11/h6-9,13-14,17H,2-5,10H2,1H3/t13-,14-/m1/s1. The van der Waals surface area contributed by atoms with E-state index in [0.29, 0.717) is 6.61 Å². The summed E-state index contributed by atoms with van der Waals surface area (Å²) in [6, 6.07) is 6.22. The Morgan fingerprint density at radius 3 is 2.74 bits per heavy atom.